The molecule has 0 N–H and O–H groups in total. The van der Waals surface area contributed by atoms with Gasteiger partial charge in [-0.15, -0.1) is 0 Å². The van der Waals surface area contributed by atoms with Crippen LogP contribution < -0.4 is 0 Å². The highest BCUT2D eigenvalue weighted by Crippen LogP contribution is 2.26. The Morgan fingerprint density at radius 1 is 1.38 bits per heavy atom. The zero-order chi connectivity index (χ0) is 10.1. The molecule has 0 aliphatic heterocycles. The quantitative estimate of drug-likeness (QED) is 0.386. The van der Waals surface area contributed by atoms with Crippen molar-refractivity contribution in [3.63, 3.8) is 0 Å². The summed E-state index contributed by atoms with van der Waals surface area (Å²) in [4.78, 5) is 19.1. The molecule has 0 amide bonds. The number of rotatable bonds is 2. The van der Waals surface area contributed by atoms with E-state index in [1.165, 1.54) is 6.08 Å². The van der Waals surface area contributed by atoms with E-state index in [0.717, 1.165) is 12.2 Å². The average Bonchev–Trinajstić information content (AvgIpc) is 2.04. The fourth-order valence-corrected chi connectivity index (χ4v) is 1.07. The Bertz CT molecular complexity index is 309. The van der Waals surface area contributed by atoms with Gasteiger partial charge >= 0.3 is 5.66 Å². The molecule has 0 spiro atoms. The van der Waals surface area contributed by atoms with Crippen LogP contribution in [0, 0.1) is 20.2 Å². The van der Waals surface area contributed by atoms with E-state index in [9.17, 15) is 20.2 Å². The van der Waals surface area contributed by atoms with Crippen molar-refractivity contribution in [2.75, 3.05) is 0 Å². The van der Waals surface area contributed by atoms with Crippen LogP contribution in [0.3, 0.4) is 0 Å². The highest BCUT2D eigenvalue weighted by molar-refractivity contribution is 6.31. The first-order chi connectivity index (χ1) is 5.99. The minimum atomic E-state index is -2.24. The highest BCUT2D eigenvalue weighted by Gasteiger charge is 2.53. The summed E-state index contributed by atoms with van der Waals surface area (Å²) in [6, 6.07) is 0. The van der Waals surface area contributed by atoms with Gasteiger partial charge in [-0.1, -0.05) is 17.7 Å². The molecule has 1 aliphatic rings. The molecule has 70 valence electrons. The van der Waals surface area contributed by atoms with E-state index in [1.807, 2.05) is 0 Å². The monoisotopic (exact) mass is 204 g/mol. The lowest BCUT2D eigenvalue weighted by atomic mass is 10.0. The molecule has 0 radical (unpaired) electrons. The number of allylic oxidation sites excluding steroid dienone is 2. The molecule has 13 heavy (non-hydrogen) atoms. The number of halogens is 1. The van der Waals surface area contributed by atoms with Gasteiger partial charge in [0.1, 0.15) is 16.3 Å². The van der Waals surface area contributed by atoms with Crippen LogP contribution in [0.2, 0.25) is 0 Å². The Balaban J connectivity index is 3.05. The highest BCUT2D eigenvalue weighted by atomic mass is 35.5. The molecule has 0 saturated heterocycles. The summed E-state index contributed by atoms with van der Waals surface area (Å²) in [6.45, 7) is 0. The van der Waals surface area contributed by atoms with Gasteiger partial charge in [0.25, 0.3) is 0 Å². The van der Waals surface area contributed by atoms with Crippen molar-refractivity contribution in [2.24, 2.45) is 0 Å². The summed E-state index contributed by atoms with van der Waals surface area (Å²) in [7, 11) is 0. The molecule has 0 bridgehead atoms. The van der Waals surface area contributed by atoms with Gasteiger partial charge in [-0.2, -0.15) is 0 Å². The van der Waals surface area contributed by atoms with Gasteiger partial charge in [-0.25, -0.2) is 0 Å². The van der Waals surface area contributed by atoms with Gasteiger partial charge in [0, 0.05) is 5.03 Å². The predicted molar refractivity (Wildman–Crippen MR) is 44.4 cm³/mol. The maximum absolute atomic E-state index is 10.5. The molecule has 0 aromatic rings. The molecule has 0 unspecified atom stereocenters. The predicted octanol–water partition coefficient (Wildman–Crippen LogP) is 1.32. The molecule has 0 aromatic heterocycles. The van der Waals surface area contributed by atoms with Crippen LogP contribution in [-0.2, 0) is 0 Å². The van der Waals surface area contributed by atoms with Gasteiger partial charge in [0.15, 0.2) is 0 Å². The van der Waals surface area contributed by atoms with Crippen LogP contribution in [0.4, 0.5) is 0 Å². The van der Waals surface area contributed by atoms with E-state index >= 15 is 0 Å². The smallest absolute Gasteiger partial charge is 0.258 e. The van der Waals surface area contributed by atoms with Crippen molar-refractivity contribution in [2.45, 2.75) is 12.1 Å². The van der Waals surface area contributed by atoms with Crippen LogP contribution in [0.1, 0.15) is 6.42 Å². The molecular weight excluding hydrogens is 200 g/mol. The van der Waals surface area contributed by atoms with Gasteiger partial charge in [0.2, 0.25) is 0 Å². The molecule has 6 nitrogen and oxygen atoms in total. The van der Waals surface area contributed by atoms with E-state index in [-0.39, 0.29) is 11.5 Å². The fraction of sp³-hybridized carbons (Fsp3) is 0.333. The third kappa shape index (κ3) is 1.52. The van der Waals surface area contributed by atoms with E-state index in [2.05, 4.69) is 0 Å². The van der Waals surface area contributed by atoms with E-state index in [0.29, 0.717) is 0 Å². The molecule has 1 aliphatic carbocycles. The zero-order valence-corrected chi connectivity index (χ0v) is 7.10. The number of hydrogen-bond donors (Lipinski definition) is 0. The first kappa shape index (κ1) is 9.66. The van der Waals surface area contributed by atoms with Crippen LogP contribution >= 0.6 is 11.6 Å². The number of nitrogens with zero attached hydrogens (tertiary/aromatic N) is 2. The lowest BCUT2D eigenvalue weighted by molar-refractivity contribution is -0.780. The largest absolute Gasteiger partial charge is 0.481 e. The molecule has 7 heteroatoms. The number of nitro groups is 2. The van der Waals surface area contributed by atoms with E-state index in [1.54, 1.807) is 0 Å². The second-order valence-electron chi connectivity index (χ2n) is 2.52. The molecular formula is C6H5ClN2O4. The normalized spacial score (nSPS) is 19.3. The molecule has 0 aromatic carbocycles. The van der Waals surface area contributed by atoms with Gasteiger partial charge < -0.3 is 0 Å². The van der Waals surface area contributed by atoms with Crippen LogP contribution in [-0.4, -0.2) is 15.5 Å². The minimum absolute atomic E-state index is 0.277. The molecule has 0 fully saturated rings. The molecule has 1 rings (SSSR count). The molecule has 0 heterocycles. The van der Waals surface area contributed by atoms with E-state index < -0.39 is 15.5 Å². The molecule has 0 atom stereocenters. The van der Waals surface area contributed by atoms with E-state index in [4.69, 9.17) is 11.6 Å². The summed E-state index contributed by atoms with van der Waals surface area (Å²) >= 11 is 5.48. The van der Waals surface area contributed by atoms with Crippen molar-refractivity contribution >= 4 is 11.6 Å². The Hall–Kier alpha value is -1.43. The summed E-state index contributed by atoms with van der Waals surface area (Å²) in [6.07, 6.45) is 3.00. The topological polar surface area (TPSA) is 86.3 Å². The summed E-state index contributed by atoms with van der Waals surface area (Å²) in [5.74, 6) is 0. The first-order valence-electron chi connectivity index (χ1n) is 3.33. The molecule has 0 saturated carbocycles. The lowest BCUT2D eigenvalue weighted by Crippen LogP contribution is -2.44. The third-order valence-electron chi connectivity index (χ3n) is 1.74. The van der Waals surface area contributed by atoms with Gasteiger partial charge in [-0.3, -0.25) is 20.2 Å². The van der Waals surface area contributed by atoms with Gasteiger partial charge in [-0.05, 0) is 6.08 Å². The second-order valence-corrected chi connectivity index (χ2v) is 2.96. The zero-order valence-electron chi connectivity index (χ0n) is 6.34. The average molecular weight is 205 g/mol. The van der Waals surface area contributed by atoms with Crippen LogP contribution in [0.15, 0.2) is 23.3 Å². The second kappa shape index (κ2) is 3.14. The Labute approximate surface area is 77.8 Å². The Morgan fingerprint density at radius 2 is 1.92 bits per heavy atom. The standard InChI is InChI=1S/C6H5ClN2O4/c7-5-1-3-6(4-2-5,8(10)11)9(12)13/h1-3H,4H2. The summed E-state index contributed by atoms with van der Waals surface area (Å²) in [5, 5.41) is 21.2. The van der Waals surface area contributed by atoms with Crippen molar-refractivity contribution in [3.05, 3.63) is 43.5 Å². The van der Waals surface area contributed by atoms with Crippen molar-refractivity contribution in [1.29, 1.82) is 0 Å². The van der Waals surface area contributed by atoms with Crippen molar-refractivity contribution < 1.29 is 9.85 Å². The van der Waals surface area contributed by atoms with Crippen molar-refractivity contribution in [1.82, 2.24) is 0 Å². The Morgan fingerprint density at radius 3 is 2.23 bits per heavy atom. The summed E-state index contributed by atoms with van der Waals surface area (Å²) in [5.41, 5.74) is -2.24. The van der Waals surface area contributed by atoms with Crippen LogP contribution in [0.5, 0.6) is 0 Å². The SMILES string of the molecule is O=[N+]([O-])C1([N+](=O)[O-])C=CC(Cl)=CC1. The lowest BCUT2D eigenvalue weighted by Gasteiger charge is -2.13. The van der Waals surface area contributed by atoms with Crippen LogP contribution in [0.25, 0.3) is 0 Å². The third-order valence-corrected chi connectivity index (χ3v) is 2.02. The maximum atomic E-state index is 10.5. The maximum Gasteiger partial charge on any atom is 0.481 e. The van der Waals surface area contributed by atoms with Gasteiger partial charge in [0.05, 0.1) is 6.08 Å². The summed E-state index contributed by atoms with van der Waals surface area (Å²) < 4.78 is 0. The number of hydrogen-bond acceptors (Lipinski definition) is 4. The first-order valence-corrected chi connectivity index (χ1v) is 3.71. The minimum Gasteiger partial charge on any atom is -0.258 e. The van der Waals surface area contributed by atoms with Crippen molar-refractivity contribution in [3.8, 4) is 0 Å². The fourth-order valence-electron chi connectivity index (χ4n) is 0.934. The Kier molecular flexibility index (Phi) is 2.33.